The number of amides is 2. The largest absolute Gasteiger partial charge is 0.491 e. The number of ether oxygens (including phenoxy) is 3. The standard InChI is InChI=1S/C19H18N2O5/c22-18(20-13-5-6-16-17(11-13)26-10-9-25-16)12-21-14-3-1-2-4-15(14)24-8-7-19(21)23/h1-6,11H,7-10,12H2,(H,20,22). The third-order valence-electron chi connectivity index (χ3n) is 4.16. The van der Waals surface area contributed by atoms with Gasteiger partial charge in [0.2, 0.25) is 11.8 Å². The molecule has 1 N–H and O–H groups in total. The van der Waals surface area contributed by atoms with Crippen molar-refractivity contribution >= 4 is 23.2 Å². The van der Waals surface area contributed by atoms with Gasteiger partial charge < -0.3 is 19.5 Å². The number of nitrogens with zero attached hydrogens (tertiary/aromatic N) is 1. The van der Waals surface area contributed by atoms with Gasteiger partial charge in [-0.25, -0.2) is 0 Å². The second-order valence-electron chi connectivity index (χ2n) is 5.95. The van der Waals surface area contributed by atoms with E-state index >= 15 is 0 Å². The van der Waals surface area contributed by atoms with Crippen molar-refractivity contribution < 1.29 is 23.8 Å². The summed E-state index contributed by atoms with van der Waals surface area (Å²) in [5.74, 6) is 1.41. The average Bonchev–Trinajstić information content (AvgIpc) is 2.81. The molecule has 0 spiro atoms. The Morgan fingerprint density at radius 2 is 1.73 bits per heavy atom. The molecule has 7 heteroatoms. The summed E-state index contributed by atoms with van der Waals surface area (Å²) >= 11 is 0. The van der Waals surface area contributed by atoms with E-state index in [0.29, 0.717) is 48.4 Å². The molecule has 2 aromatic rings. The first-order valence-electron chi connectivity index (χ1n) is 8.42. The van der Waals surface area contributed by atoms with Gasteiger partial charge in [0.05, 0.1) is 18.7 Å². The van der Waals surface area contributed by atoms with Gasteiger partial charge in [-0.2, -0.15) is 0 Å². The summed E-state index contributed by atoms with van der Waals surface area (Å²) in [5.41, 5.74) is 1.19. The summed E-state index contributed by atoms with van der Waals surface area (Å²) in [5, 5.41) is 2.80. The van der Waals surface area contributed by atoms with Crippen molar-refractivity contribution in [2.75, 3.05) is 36.6 Å². The lowest BCUT2D eigenvalue weighted by Gasteiger charge is -2.22. The summed E-state index contributed by atoms with van der Waals surface area (Å²) in [6.45, 7) is 1.20. The van der Waals surface area contributed by atoms with Crippen molar-refractivity contribution in [2.45, 2.75) is 6.42 Å². The molecule has 2 heterocycles. The van der Waals surface area contributed by atoms with E-state index in [9.17, 15) is 9.59 Å². The molecule has 0 saturated carbocycles. The van der Waals surface area contributed by atoms with Crippen LogP contribution in [0.1, 0.15) is 6.42 Å². The van der Waals surface area contributed by atoms with Crippen molar-refractivity contribution in [1.29, 1.82) is 0 Å². The highest BCUT2D eigenvalue weighted by molar-refractivity contribution is 6.03. The number of anilines is 2. The third-order valence-corrected chi connectivity index (χ3v) is 4.16. The monoisotopic (exact) mass is 354 g/mol. The Morgan fingerprint density at radius 3 is 2.62 bits per heavy atom. The van der Waals surface area contributed by atoms with Gasteiger partial charge in [0.15, 0.2) is 11.5 Å². The predicted molar refractivity (Wildman–Crippen MR) is 95.0 cm³/mol. The molecule has 0 saturated heterocycles. The van der Waals surface area contributed by atoms with Crippen molar-refractivity contribution in [1.82, 2.24) is 0 Å². The molecule has 134 valence electrons. The van der Waals surface area contributed by atoms with E-state index in [2.05, 4.69) is 5.32 Å². The topological polar surface area (TPSA) is 77.1 Å². The highest BCUT2D eigenvalue weighted by Gasteiger charge is 2.25. The van der Waals surface area contributed by atoms with Gasteiger partial charge in [0.1, 0.15) is 25.5 Å². The zero-order valence-corrected chi connectivity index (χ0v) is 14.1. The molecule has 4 rings (SSSR count). The summed E-state index contributed by atoms with van der Waals surface area (Å²) in [4.78, 5) is 26.3. The predicted octanol–water partition coefficient (Wildman–Crippen LogP) is 2.21. The molecule has 0 bridgehead atoms. The Morgan fingerprint density at radius 1 is 0.962 bits per heavy atom. The van der Waals surface area contributed by atoms with Gasteiger partial charge in [0.25, 0.3) is 0 Å². The molecule has 2 aromatic carbocycles. The van der Waals surface area contributed by atoms with Crippen LogP contribution in [0.4, 0.5) is 11.4 Å². The number of nitrogens with one attached hydrogen (secondary N) is 1. The van der Waals surface area contributed by atoms with Crippen LogP contribution in [0.15, 0.2) is 42.5 Å². The highest BCUT2D eigenvalue weighted by Crippen LogP contribution is 2.33. The molecule has 7 nitrogen and oxygen atoms in total. The summed E-state index contributed by atoms with van der Waals surface area (Å²) in [6.07, 6.45) is 0.228. The van der Waals surface area contributed by atoms with Crippen LogP contribution >= 0.6 is 0 Å². The molecule has 0 aliphatic carbocycles. The van der Waals surface area contributed by atoms with E-state index in [1.54, 1.807) is 30.3 Å². The Balaban J connectivity index is 1.50. The molecule has 0 fully saturated rings. The van der Waals surface area contributed by atoms with E-state index in [1.807, 2.05) is 12.1 Å². The first kappa shape index (κ1) is 16.3. The van der Waals surface area contributed by atoms with Crippen LogP contribution in [0.5, 0.6) is 17.2 Å². The number of carbonyl (C=O) groups excluding carboxylic acids is 2. The Bertz CT molecular complexity index is 852. The third kappa shape index (κ3) is 3.28. The van der Waals surface area contributed by atoms with E-state index in [1.165, 1.54) is 4.90 Å². The minimum atomic E-state index is -0.299. The van der Waals surface area contributed by atoms with Crippen molar-refractivity contribution in [3.8, 4) is 17.2 Å². The fraction of sp³-hybridized carbons (Fsp3) is 0.263. The van der Waals surface area contributed by atoms with Crippen LogP contribution in [-0.4, -0.2) is 38.2 Å². The van der Waals surface area contributed by atoms with Crippen LogP contribution in [0.25, 0.3) is 0 Å². The molecule has 0 aromatic heterocycles. The SMILES string of the molecule is O=C(CN1C(=O)CCOc2ccccc21)Nc1ccc2c(c1)OCCO2. The minimum absolute atomic E-state index is 0.0896. The quantitative estimate of drug-likeness (QED) is 0.914. The van der Waals surface area contributed by atoms with Crippen molar-refractivity contribution in [3.05, 3.63) is 42.5 Å². The van der Waals surface area contributed by atoms with Crippen LogP contribution < -0.4 is 24.4 Å². The zero-order chi connectivity index (χ0) is 17.9. The summed E-state index contributed by atoms with van der Waals surface area (Å²) in [7, 11) is 0. The second-order valence-corrected chi connectivity index (χ2v) is 5.95. The molecular weight excluding hydrogens is 336 g/mol. The molecule has 2 aliphatic heterocycles. The first-order valence-corrected chi connectivity index (χ1v) is 8.42. The van der Waals surface area contributed by atoms with E-state index in [-0.39, 0.29) is 24.8 Å². The lowest BCUT2D eigenvalue weighted by atomic mass is 10.2. The summed E-state index contributed by atoms with van der Waals surface area (Å²) < 4.78 is 16.6. The average molecular weight is 354 g/mol. The van der Waals surface area contributed by atoms with Gasteiger partial charge in [-0.1, -0.05) is 12.1 Å². The molecular formula is C19H18N2O5. The molecule has 2 amide bonds. The Labute approximate surface area is 150 Å². The van der Waals surface area contributed by atoms with Gasteiger partial charge in [-0.15, -0.1) is 0 Å². The van der Waals surface area contributed by atoms with Crippen molar-refractivity contribution in [2.24, 2.45) is 0 Å². The maximum atomic E-state index is 12.5. The second kappa shape index (κ2) is 6.95. The molecule has 0 unspecified atom stereocenters. The number of fused-ring (bicyclic) bond motifs is 2. The normalized spacial score (nSPS) is 15.5. The van der Waals surface area contributed by atoms with Crippen molar-refractivity contribution in [3.63, 3.8) is 0 Å². The van der Waals surface area contributed by atoms with Gasteiger partial charge in [-0.05, 0) is 24.3 Å². The molecule has 26 heavy (non-hydrogen) atoms. The number of hydrogen-bond acceptors (Lipinski definition) is 5. The number of rotatable bonds is 3. The van der Waals surface area contributed by atoms with E-state index in [4.69, 9.17) is 14.2 Å². The van der Waals surface area contributed by atoms with Gasteiger partial charge in [-0.3, -0.25) is 14.5 Å². The Kier molecular flexibility index (Phi) is 4.35. The fourth-order valence-corrected chi connectivity index (χ4v) is 2.96. The Hall–Kier alpha value is -3.22. The minimum Gasteiger partial charge on any atom is -0.491 e. The lowest BCUT2D eigenvalue weighted by Crippen LogP contribution is -2.37. The lowest BCUT2D eigenvalue weighted by molar-refractivity contribution is -0.121. The smallest absolute Gasteiger partial charge is 0.244 e. The molecule has 0 atom stereocenters. The number of hydrogen-bond donors (Lipinski definition) is 1. The van der Waals surface area contributed by atoms with E-state index < -0.39 is 0 Å². The van der Waals surface area contributed by atoms with E-state index in [0.717, 1.165) is 0 Å². The summed E-state index contributed by atoms with van der Waals surface area (Å²) in [6, 6.07) is 12.4. The van der Waals surface area contributed by atoms with Crippen LogP contribution in [0, 0.1) is 0 Å². The van der Waals surface area contributed by atoms with Gasteiger partial charge >= 0.3 is 0 Å². The van der Waals surface area contributed by atoms with Gasteiger partial charge in [0, 0.05) is 11.8 Å². The zero-order valence-electron chi connectivity index (χ0n) is 14.1. The molecule has 0 radical (unpaired) electrons. The van der Waals surface area contributed by atoms with Crippen LogP contribution in [0.2, 0.25) is 0 Å². The highest BCUT2D eigenvalue weighted by atomic mass is 16.6. The number of carbonyl (C=O) groups is 2. The maximum Gasteiger partial charge on any atom is 0.244 e. The van der Waals surface area contributed by atoms with Crippen LogP contribution in [0.3, 0.4) is 0 Å². The molecule has 2 aliphatic rings. The first-order chi connectivity index (χ1) is 12.7. The fourth-order valence-electron chi connectivity index (χ4n) is 2.96. The maximum absolute atomic E-state index is 12.5. The number of para-hydroxylation sites is 2. The number of benzene rings is 2. The van der Waals surface area contributed by atoms with Crippen LogP contribution in [-0.2, 0) is 9.59 Å².